The first-order valence-electron chi connectivity index (χ1n) is 7.21. The van der Waals surface area contributed by atoms with Gasteiger partial charge in [0.25, 0.3) is 0 Å². The Bertz CT molecular complexity index is 363. The summed E-state index contributed by atoms with van der Waals surface area (Å²) in [5.74, 6) is 1.76. The van der Waals surface area contributed by atoms with Crippen molar-refractivity contribution in [3.63, 3.8) is 0 Å². The second-order valence-corrected chi connectivity index (χ2v) is 6.02. The minimum absolute atomic E-state index is 0.572. The van der Waals surface area contributed by atoms with Gasteiger partial charge in [0.05, 0.1) is 12.8 Å². The summed E-state index contributed by atoms with van der Waals surface area (Å²) in [5.41, 5.74) is 0. The zero-order chi connectivity index (χ0) is 13.8. The predicted octanol–water partition coefficient (Wildman–Crippen LogP) is 1.64. The van der Waals surface area contributed by atoms with E-state index < -0.39 is 0 Å². The molecule has 2 heterocycles. The number of likely N-dealkylation sites (N-methyl/N-ethyl adjacent to an activating group) is 1. The van der Waals surface area contributed by atoms with E-state index in [9.17, 15) is 0 Å². The maximum atomic E-state index is 5.32. The Kier molecular flexibility index (Phi) is 5.02. The van der Waals surface area contributed by atoms with Crippen LogP contribution in [0.4, 0.5) is 0 Å². The molecule has 1 aliphatic heterocycles. The van der Waals surface area contributed by atoms with Gasteiger partial charge in [-0.1, -0.05) is 6.92 Å². The lowest BCUT2D eigenvalue weighted by Crippen LogP contribution is -2.40. The maximum Gasteiger partial charge on any atom is 0.117 e. The summed E-state index contributed by atoms with van der Waals surface area (Å²) in [7, 11) is 4.37. The molecule has 0 saturated carbocycles. The van der Waals surface area contributed by atoms with Gasteiger partial charge in [-0.25, -0.2) is 0 Å². The van der Waals surface area contributed by atoms with Crippen molar-refractivity contribution in [3.8, 4) is 0 Å². The molecule has 1 N–H and O–H groups in total. The summed E-state index contributed by atoms with van der Waals surface area (Å²) >= 11 is 0. The monoisotopic (exact) mass is 265 g/mol. The van der Waals surface area contributed by atoms with Crippen LogP contribution in [0, 0.1) is 5.92 Å². The molecule has 1 fully saturated rings. The molecule has 1 aromatic heterocycles. The van der Waals surface area contributed by atoms with E-state index in [-0.39, 0.29) is 0 Å². The molecule has 1 aromatic rings. The third kappa shape index (κ3) is 3.81. The van der Waals surface area contributed by atoms with Gasteiger partial charge < -0.3 is 14.6 Å². The first kappa shape index (κ1) is 14.6. The van der Waals surface area contributed by atoms with Gasteiger partial charge in [-0.3, -0.25) is 4.90 Å². The molecule has 1 saturated heterocycles. The van der Waals surface area contributed by atoms with Crippen molar-refractivity contribution in [2.24, 2.45) is 5.92 Å². The molecule has 4 heteroatoms. The van der Waals surface area contributed by atoms with Crippen LogP contribution in [0.15, 0.2) is 22.8 Å². The van der Waals surface area contributed by atoms with Gasteiger partial charge in [0.1, 0.15) is 5.76 Å². The predicted molar refractivity (Wildman–Crippen MR) is 78.1 cm³/mol. The van der Waals surface area contributed by atoms with E-state index in [1.165, 1.54) is 13.1 Å². The fourth-order valence-corrected chi connectivity index (χ4v) is 2.96. The highest BCUT2D eigenvalue weighted by Crippen LogP contribution is 2.21. The van der Waals surface area contributed by atoms with Crippen molar-refractivity contribution >= 4 is 0 Å². The first-order valence-corrected chi connectivity index (χ1v) is 7.21. The minimum atomic E-state index is 0.572. The average Bonchev–Trinajstić information content (AvgIpc) is 2.98. The van der Waals surface area contributed by atoms with Gasteiger partial charge >= 0.3 is 0 Å². The minimum Gasteiger partial charge on any atom is -0.468 e. The highest BCUT2D eigenvalue weighted by molar-refractivity contribution is 4.97. The van der Waals surface area contributed by atoms with Crippen LogP contribution in [0.5, 0.6) is 0 Å². The van der Waals surface area contributed by atoms with Crippen molar-refractivity contribution in [3.05, 3.63) is 24.2 Å². The standard InChI is InChI=1S/C15H27N3O/c1-12-10-18(11-15(12)17(3)4)13(2)8-16-9-14-6-5-7-19-14/h5-7,12-13,15-16H,8-11H2,1-4H3. The second-order valence-electron chi connectivity index (χ2n) is 6.02. The summed E-state index contributed by atoms with van der Waals surface area (Å²) in [4.78, 5) is 4.94. The summed E-state index contributed by atoms with van der Waals surface area (Å²) in [6, 6.07) is 5.21. The molecule has 19 heavy (non-hydrogen) atoms. The number of likely N-dealkylation sites (tertiary alicyclic amines) is 1. The van der Waals surface area contributed by atoms with Gasteiger partial charge in [-0.2, -0.15) is 0 Å². The summed E-state index contributed by atoms with van der Waals surface area (Å²) in [5, 5.41) is 3.47. The number of hydrogen-bond donors (Lipinski definition) is 1. The summed E-state index contributed by atoms with van der Waals surface area (Å²) < 4.78 is 5.32. The van der Waals surface area contributed by atoms with Crippen LogP contribution in [0.3, 0.4) is 0 Å². The van der Waals surface area contributed by atoms with Crippen LogP contribution in [-0.4, -0.2) is 55.6 Å². The Morgan fingerprint density at radius 3 is 2.84 bits per heavy atom. The van der Waals surface area contributed by atoms with Crippen LogP contribution in [0.2, 0.25) is 0 Å². The Morgan fingerprint density at radius 2 is 2.26 bits per heavy atom. The molecule has 0 radical (unpaired) electrons. The molecule has 3 unspecified atom stereocenters. The second kappa shape index (κ2) is 6.55. The fraction of sp³-hybridized carbons (Fsp3) is 0.733. The number of nitrogens with one attached hydrogen (secondary N) is 1. The topological polar surface area (TPSA) is 31.6 Å². The van der Waals surface area contributed by atoms with Crippen LogP contribution >= 0.6 is 0 Å². The number of rotatable bonds is 6. The van der Waals surface area contributed by atoms with E-state index in [1.54, 1.807) is 6.26 Å². The number of furan rings is 1. The Hall–Kier alpha value is -0.840. The first-order chi connectivity index (χ1) is 9.08. The number of nitrogens with zero attached hydrogens (tertiary/aromatic N) is 2. The van der Waals surface area contributed by atoms with Crippen molar-refractivity contribution in [1.82, 2.24) is 15.1 Å². The Labute approximate surface area is 116 Å². The quantitative estimate of drug-likeness (QED) is 0.847. The van der Waals surface area contributed by atoms with Crippen molar-refractivity contribution in [2.45, 2.75) is 32.5 Å². The Morgan fingerprint density at radius 1 is 1.47 bits per heavy atom. The molecule has 108 valence electrons. The highest BCUT2D eigenvalue weighted by Gasteiger charge is 2.32. The van der Waals surface area contributed by atoms with Gasteiger partial charge in [0.2, 0.25) is 0 Å². The van der Waals surface area contributed by atoms with Gasteiger partial charge in [0, 0.05) is 31.7 Å². The lowest BCUT2D eigenvalue weighted by atomic mass is 10.1. The summed E-state index contributed by atoms with van der Waals surface area (Å²) in [6.45, 7) is 8.86. The number of hydrogen-bond acceptors (Lipinski definition) is 4. The van der Waals surface area contributed by atoms with E-state index in [0.29, 0.717) is 12.1 Å². The summed E-state index contributed by atoms with van der Waals surface area (Å²) in [6.07, 6.45) is 1.73. The lowest BCUT2D eigenvalue weighted by Gasteiger charge is -2.26. The lowest BCUT2D eigenvalue weighted by molar-refractivity contribution is 0.220. The smallest absolute Gasteiger partial charge is 0.117 e. The van der Waals surface area contributed by atoms with Gasteiger partial charge in [-0.15, -0.1) is 0 Å². The molecular weight excluding hydrogens is 238 g/mol. The van der Waals surface area contributed by atoms with Crippen molar-refractivity contribution in [1.29, 1.82) is 0 Å². The van der Waals surface area contributed by atoms with Crippen LogP contribution in [0.25, 0.3) is 0 Å². The van der Waals surface area contributed by atoms with E-state index in [1.807, 2.05) is 12.1 Å². The molecule has 0 spiro atoms. The van der Waals surface area contributed by atoms with Crippen LogP contribution < -0.4 is 5.32 Å². The normalized spacial score (nSPS) is 26.2. The van der Waals surface area contributed by atoms with E-state index >= 15 is 0 Å². The van der Waals surface area contributed by atoms with E-state index in [0.717, 1.165) is 24.8 Å². The van der Waals surface area contributed by atoms with Gasteiger partial charge in [-0.05, 0) is 39.1 Å². The molecular formula is C15H27N3O. The molecule has 4 nitrogen and oxygen atoms in total. The maximum absolute atomic E-state index is 5.32. The molecule has 2 rings (SSSR count). The highest BCUT2D eigenvalue weighted by atomic mass is 16.3. The third-order valence-electron chi connectivity index (χ3n) is 4.21. The van der Waals surface area contributed by atoms with E-state index in [2.05, 4.69) is 43.1 Å². The largest absolute Gasteiger partial charge is 0.468 e. The molecule has 0 bridgehead atoms. The third-order valence-corrected chi connectivity index (χ3v) is 4.21. The zero-order valence-electron chi connectivity index (χ0n) is 12.6. The van der Waals surface area contributed by atoms with E-state index in [4.69, 9.17) is 4.42 Å². The van der Waals surface area contributed by atoms with Gasteiger partial charge in [0.15, 0.2) is 0 Å². The molecule has 0 amide bonds. The Balaban J connectivity index is 1.73. The fourth-order valence-electron chi connectivity index (χ4n) is 2.96. The molecule has 0 aromatic carbocycles. The zero-order valence-corrected chi connectivity index (χ0v) is 12.6. The molecule has 3 atom stereocenters. The average molecular weight is 265 g/mol. The van der Waals surface area contributed by atoms with Crippen LogP contribution in [0.1, 0.15) is 19.6 Å². The van der Waals surface area contributed by atoms with Crippen molar-refractivity contribution < 1.29 is 4.42 Å². The molecule has 1 aliphatic rings. The SMILES string of the molecule is CC1CN(C(C)CNCc2ccco2)CC1N(C)C. The van der Waals surface area contributed by atoms with Crippen molar-refractivity contribution in [2.75, 3.05) is 33.7 Å². The van der Waals surface area contributed by atoms with Crippen LogP contribution in [-0.2, 0) is 6.54 Å². The molecule has 0 aliphatic carbocycles.